The maximum atomic E-state index is 6.09. The number of rotatable bonds is 2. The minimum atomic E-state index is 0.237. The molecule has 16 heavy (non-hydrogen) atoms. The van der Waals surface area contributed by atoms with Gasteiger partial charge in [0.05, 0.1) is 10.7 Å². The molecule has 0 saturated carbocycles. The summed E-state index contributed by atoms with van der Waals surface area (Å²) in [5, 5.41) is 0.475. The van der Waals surface area contributed by atoms with E-state index in [0.29, 0.717) is 10.9 Å². The molecule has 5 heteroatoms. The largest absolute Gasteiger partial charge is 0.461 e. The molecule has 0 aliphatic rings. The molecule has 0 unspecified atom stereocenters. The zero-order chi connectivity index (χ0) is 11.7. The van der Waals surface area contributed by atoms with Crippen LogP contribution in [0.15, 0.2) is 27.5 Å². The minimum Gasteiger partial charge on any atom is -0.461 e. The van der Waals surface area contributed by atoms with Crippen LogP contribution in [0.5, 0.6) is 0 Å². The van der Waals surface area contributed by atoms with Gasteiger partial charge in [-0.2, -0.15) is 0 Å². The maximum absolute atomic E-state index is 6.09. The Balaban J connectivity index is 2.66. The summed E-state index contributed by atoms with van der Waals surface area (Å²) in [7, 11) is 0. The first-order valence-corrected chi connectivity index (χ1v) is 6.02. The summed E-state index contributed by atoms with van der Waals surface area (Å²) in [5.74, 6) is 0.925. The molecule has 0 aromatic carbocycles. The molecule has 0 atom stereocenters. The third kappa shape index (κ3) is 1.99. The first-order chi connectivity index (χ1) is 7.61. The zero-order valence-electron chi connectivity index (χ0n) is 8.87. The fourth-order valence-corrected chi connectivity index (χ4v) is 2.27. The van der Waals surface area contributed by atoms with Crippen molar-refractivity contribution in [2.24, 2.45) is 0 Å². The Morgan fingerprint density at radius 1 is 1.38 bits per heavy atom. The van der Waals surface area contributed by atoms with Crippen LogP contribution in [-0.2, 0) is 0 Å². The van der Waals surface area contributed by atoms with Crippen molar-refractivity contribution in [1.82, 2.24) is 9.97 Å². The van der Waals surface area contributed by atoms with Crippen LogP contribution in [0.4, 0.5) is 0 Å². The molecule has 0 N–H and O–H groups in total. The lowest BCUT2D eigenvalue weighted by Crippen LogP contribution is -1.98. The van der Waals surface area contributed by atoms with E-state index >= 15 is 0 Å². The van der Waals surface area contributed by atoms with Gasteiger partial charge in [-0.05, 0) is 27.9 Å². The smallest absolute Gasteiger partial charge is 0.166 e. The maximum Gasteiger partial charge on any atom is 0.166 e. The summed E-state index contributed by atoms with van der Waals surface area (Å²) in [5.41, 5.74) is 1.65. The van der Waals surface area contributed by atoms with Crippen molar-refractivity contribution in [2.45, 2.75) is 19.8 Å². The lowest BCUT2D eigenvalue weighted by Gasteiger charge is -2.11. The fourth-order valence-electron chi connectivity index (χ4n) is 1.53. The first kappa shape index (κ1) is 11.6. The number of aromatic nitrogens is 2. The average molecular weight is 302 g/mol. The van der Waals surface area contributed by atoms with Crippen LogP contribution in [-0.4, -0.2) is 9.97 Å². The van der Waals surface area contributed by atoms with E-state index in [1.807, 2.05) is 19.9 Å². The van der Waals surface area contributed by atoms with Crippen molar-refractivity contribution >= 4 is 27.5 Å². The van der Waals surface area contributed by atoms with Crippen LogP contribution in [0.2, 0.25) is 5.15 Å². The molecule has 84 valence electrons. The second-order valence-corrected chi connectivity index (χ2v) is 4.89. The van der Waals surface area contributed by atoms with Crippen molar-refractivity contribution in [1.29, 1.82) is 0 Å². The van der Waals surface area contributed by atoms with Crippen LogP contribution in [0.25, 0.3) is 11.5 Å². The predicted molar refractivity (Wildman–Crippen MR) is 66.5 cm³/mol. The number of hydrogen-bond donors (Lipinski definition) is 0. The van der Waals surface area contributed by atoms with E-state index in [1.54, 1.807) is 6.26 Å². The number of nitrogens with zero attached hydrogens (tertiary/aromatic N) is 2. The molecule has 0 spiro atoms. The molecule has 2 aromatic heterocycles. The average Bonchev–Trinajstić information content (AvgIpc) is 2.63. The lowest BCUT2D eigenvalue weighted by molar-refractivity contribution is 0.576. The SMILES string of the molecule is CC(C)c1c(Cl)ncnc1-c1occc1Br. The van der Waals surface area contributed by atoms with Gasteiger partial charge in [0.2, 0.25) is 0 Å². The highest BCUT2D eigenvalue weighted by molar-refractivity contribution is 9.10. The van der Waals surface area contributed by atoms with Gasteiger partial charge in [0.25, 0.3) is 0 Å². The van der Waals surface area contributed by atoms with Gasteiger partial charge in [-0.1, -0.05) is 25.4 Å². The Bertz CT molecular complexity index is 510. The monoisotopic (exact) mass is 300 g/mol. The highest BCUT2D eigenvalue weighted by Crippen LogP contribution is 2.35. The van der Waals surface area contributed by atoms with Crippen LogP contribution < -0.4 is 0 Å². The zero-order valence-corrected chi connectivity index (χ0v) is 11.2. The lowest BCUT2D eigenvalue weighted by atomic mass is 10.0. The minimum absolute atomic E-state index is 0.237. The molecule has 2 rings (SSSR count). The van der Waals surface area contributed by atoms with Gasteiger partial charge in [-0.25, -0.2) is 9.97 Å². The third-order valence-electron chi connectivity index (χ3n) is 2.24. The van der Waals surface area contributed by atoms with Crippen molar-refractivity contribution in [3.63, 3.8) is 0 Å². The molecule has 0 fully saturated rings. The number of hydrogen-bond acceptors (Lipinski definition) is 3. The Morgan fingerprint density at radius 3 is 2.69 bits per heavy atom. The third-order valence-corrected chi connectivity index (χ3v) is 3.17. The molecule has 2 heterocycles. The highest BCUT2D eigenvalue weighted by atomic mass is 79.9. The normalized spacial score (nSPS) is 11.1. The molecular weight excluding hydrogens is 291 g/mol. The van der Waals surface area contributed by atoms with E-state index in [1.165, 1.54) is 6.33 Å². The molecule has 0 amide bonds. The van der Waals surface area contributed by atoms with Crippen LogP contribution in [0.1, 0.15) is 25.3 Å². The number of halogens is 2. The number of furan rings is 1. The van der Waals surface area contributed by atoms with Crippen molar-refractivity contribution in [3.05, 3.63) is 33.8 Å². The topological polar surface area (TPSA) is 38.9 Å². The van der Waals surface area contributed by atoms with Crippen molar-refractivity contribution in [2.75, 3.05) is 0 Å². The second kappa shape index (κ2) is 4.55. The Kier molecular flexibility index (Phi) is 3.30. The van der Waals surface area contributed by atoms with E-state index in [9.17, 15) is 0 Å². The van der Waals surface area contributed by atoms with E-state index < -0.39 is 0 Å². The molecule has 0 bridgehead atoms. The molecule has 0 aliphatic heterocycles. The van der Waals surface area contributed by atoms with Gasteiger partial charge in [0, 0.05) is 5.56 Å². The molecular formula is C11H10BrClN2O. The molecule has 0 radical (unpaired) electrons. The molecule has 3 nitrogen and oxygen atoms in total. The molecule has 2 aromatic rings. The van der Waals surface area contributed by atoms with Crippen LogP contribution in [0.3, 0.4) is 0 Å². The fraction of sp³-hybridized carbons (Fsp3) is 0.273. The quantitative estimate of drug-likeness (QED) is 0.777. The van der Waals surface area contributed by atoms with Gasteiger partial charge in [-0.15, -0.1) is 0 Å². The summed E-state index contributed by atoms with van der Waals surface area (Å²) >= 11 is 9.50. The van der Waals surface area contributed by atoms with Gasteiger partial charge in [0.1, 0.15) is 17.2 Å². The summed E-state index contributed by atoms with van der Waals surface area (Å²) < 4.78 is 6.27. The summed E-state index contributed by atoms with van der Waals surface area (Å²) in [4.78, 5) is 8.24. The first-order valence-electron chi connectivity index (χ1n) is 4.85. The highest BCUT2D eigenvalue weighted by Gasteiger charge is 2.18. The van der Waals surface area contributed by atoms with Crippen LogP contribution >= 0.6 is 27.5 Å². The molecule has 0 saturated heterocycles. The van der Waals surface area contributed by atoms with E-state index in [-0.39, 0.29) is 5.92 Å². The van der Waals surface area contributed by atoms with E-state index in [0.717, 1.165) is 15.7 Å². The second-order valence-electron chi connectivity index (χ2n) is 3.68. The van der Waals surface area contributed by atoms with Crippen molar-refractivity contribution < 1.29 is 4.42 Å². The summed E-state index contributed by atoms with van der Waals surface area (Å²) in [6.45, 7) is 4.09. The van der Waals surface area contributed by atoms with E-state index in [4.69, 9.17) is 16.0 Å². The Labute approximate surface area is 107 Å². The van der Waals surface area contributed by atoms with Crippen molar-refractivity contribution in [3.8, 4) is 11.5 Å². The predicted octanol–water partition coefficient (Wildman–Crippen LogP) is 4.28. The van der Waals surface area contributed by atoms with Gasteiger partial charge < -0.3 is 4.42 Å². The van der Waals surface area contributed by atoms with Gasteiger partial charge in [-0.3, -0.25) is 0 Å². The van der Waals surface area contributed by atoms with Gasteiger partial charge in [0.15, 0.2) is 5.76 Å². The summed E-state index contributed by atoms with van der Waals surface area (Å²) in [6.07, 6.45) is 3.05. The summed E-state index contributed by atoms with van der Waals surface area (Å²) in [6, 6.07) is 1.83. The van der Waals surface area contributed by atoms with Crippen LogP contribution in [0, 0.1) is 0 Å². The van der Waals surface area contributed by atoms with E-state index in [2.05, 4.69) is 25.9 Å². The Hall–Kier alpha value is -0.870. The molecule has 0 aliphatic carbocycles. The standard InChI is InChI=1S/C11H10BrClN2O/c1-6(2)8-9(14-5-15-11(8)13)10-7(12)3-4-16-10/h3-6H,1-2H3. The van der Waals surface area contributed by atoms with Gasteiger partial charge >= 0.3 is 0 Å². The Morgan fingerprint density at radius 2 is 2.12 bits per heavy atom.